The molecule has 0 aliphatic rings. The van der Waals surface area contributed by atoms with Gasteiger partial charge < -0.3 is 20.1 Å². The molecule has 5 nitrogen and oxygen atoms in total. The number of likely N-dealkylation sites (N-methyl/N-ethyl adjacent to an activating group) is 1. The van der Waals surface area contributed by atoms with Gasteiger partial charge in [0, 0.05) is 19.5 Å². The Bertz CT molecular complexity index is 432. The molecule has 0 spiro atoms. The highest BCUT2D eigenvalue weighted by Gasteiger charge is 2.16. The van der Waals surface area contributed by atoms with Crippen molar-refractivity contribution in [1.82, 2.24) is 4.90 Å². The summed E-state index contributed by atoms with van der Waals surface area (Å²) in [6.07, 6.45) is 0.372. The van der Waals surface area contributed by atoms with E-state index in [2.05, 4.69) is 0 Å². The van der Waals surface area contributed by atoms with Gasteiger partial charge in [0.2, 0.25) is 5.91 Å². The van der Waals surface area contributed by atoms with E-state index >= 15 is 0 Å². The first-order valence-electron chi connectivity index (χ1n) is 7.20. The summed E-state index contributed by atoms with van der Waals surface area (Å²) in [4.78, 5) is 13.6. The number of methoxy groups -OCH3 is 1. The topological polar surface area (TPSA) is 64.8 Å². The van der Waals surface area contributed by atoms with Crippen molar-refractivity contribution in [1.29, 1.82) is 0 Å². The van der Waals surface area contributed by atoms with E-state index in [0.29, 0.717) is 25.5 Å². The van der Waals surface area contributed by atoms with Crippen LogP contribution in [0.25, 0.3) is 0 Å². The molecule has 0 fully saturated rings. The molecule has 1 unspecified atom stereocenters. The molecule has 0 radical (unpaired) electrons. The predicted octanol–water partition coefficient (Wildman–Crippen LogP) is 1.91. The normalized spacial score (nSPS) is 12.1. The molecule has 1 amide bonds. The predicted molar refractivity (Wildman–Crippen MR) is 83.6 cm³/mol. The summed E-state index contributed by atoms with van der Waals surface area (Å²) in [7, 11) is 3.39. The Morgan fingerprint density at radius 1 is 1.24 bits per heavy atom. The van der Waals surface area contributed by atoms with E-state index in [9.17, 15) is 4.79 Å². The van der Waals surface area contributed by atoms with Crippen LogP contribution in [0.1, 0.15) is 20.3 Å². The summed E-state index contributed by atoms with van der Waals surface area (Å²) >= 11 is 0. The molecule has 1 atom stereocenters. The number of benzene rings is 1. The fourth-order valence-corrected chi connectivity index (χ4v) is 1.69. The lowest BCUT2D eigenvalue weighted by Gasteiger charge is -2.21. The molecule has 118 valence electrons. The van der Waals surface area contributed by atoms with Gasteiger partial charge in [-0.25, -0.2) is 0 Å². The van der Waals surface area contributed by atoms with E-state index in [0.717, 1.165) is 11.5 Å². The second-order valence-corrected chi connectivity index (χ2v) is 5.45. The number of ether oxygens (including phenoxy) is 2. The molecule has 1 aromatic carbocycles. The molecule has 5 heteroatoms. The first-order valence-corrected chi connectivity index (χ1v) is 7.20. The Labute approximate surface area is 127 Å². The number of amides is 1. The van der Waals surface area contributed by atoms with Gasteiger partial charge in [-0.2, -0.15) is 0 Å². The highest BCUT2D eigenvalue weighted by molar-refractivity contribution is 5.76. The summed E-state index contributed by atoms with van der Waals surface area (Å²) in [5, 5.41) is 0. The van der Waals surface area contributed by atoms with Gasteiger partial charge in [0.25, 0.3) is 0 Å². The Kier molecular flexibility index (Phi) is 7.02. The van der Waals surface area contributed by atoms with Gasteiger partial charge in [-0.1, -0.05) is 13.8 Å². The van der Waals surface area contributed by atoms with Crippen LogP contribution in [0.5, 0.6) is 11.5 Å². The monoisotopic (exact) mass is 294 g/mol. The molecule has 1 rings (SSSR count). The molecule has 1 aromatic rings. The standard InChI is InChI=1S/C16H26N2O3/c1-12(2)15(17)11-16(19)18(3)9-10-21-14-7-5-13(20-4)6-8-14/h5-8,12,15H,9-11,17H2,1-4H3. The summed E-state index contributed by atoms with van der Waals surface area (Å²) in [6.45, 7) is 5.02. The number of hydrogen-bond donors (Lipinski definition) is 1. The zero-order valence-electron chi connectivity index (χ0n) is 13.3. The maximum atomic E-state index is 12.0. The van der Waals surface area contributed by atoms with Gasteiger partial charge in [0.05, 0.1) is 13.7 Å². The number of nitrogens with two attached hydrogens (primary N) is 1. The number of rotatable bonds is 8. The van der Waals surface area contributed by atoms with Crippen LogP contribution >= 0.6 is 0 Å². The molecule has 0 aliphatic heterocycles. The number of hydrogen-bond acceptors (Lipinski definition) is 4. The summed E-state index contributed by atoms with van der Waals surface area (Å²) in [5.41, 5.74) is 5.91. The van der Waals surface area contributed by atoms with Crippen LogP contribution in [0.4, 0.5) is 0 Å². The van der Waals surface area contributed by atoms with Gasteiger partial charge in [-0.05, 0) is 30.2 Å². The maximum absolute atomic E-state index is 12.0. The van der Waals surface area contributed by atoms with E-state index in [1.54, 1.807) is 19.1 Å². The van der Waals surface area contributed by atoms with Gasteiger partial charge in [-0.15, -0.1) is 0 Å². The smallest absolute Gasteiger partial charge is 0.223 e. The molecule has 0 saturated heterocycles. The Morgan fingerprint density at radius 3 is 2.33 bits per heavy atom. The van der Waals surface area contributed by atoms with Gasteiger partial charge >= 0.3 is 0 Å². The van der Waals surface area contributed by atoms with Crippen molar-refractivity contribution in [3.05, 3.63) is 24.3 Å². The fraction of sp³-hybridized carbons (Fsp3) is 0.562. The fourth-order valence-electron chi connectivity index (χ4n) is 1.69. The molecule has 0 heterocycles. The van der Waals surface area contributed by atoms with Crippen molar-refractivity contribution in [2.24, 2.45) is 11.7 Å². The number of carbonyl (C=O) groups excluding carboxylic acids is 1. The maximum Gasteiger partial charge on any atom is 0.223 e. The largest absolute Gasteiger partial charge is 0.497 e. The molecule has 0 bridgehead atoms. The minimum absolute atomic E-state index is 0.0505. The van der Waals surface area contributed by atoms with E-state index in [1.165, 1.54) is 0 Å². The summed E-state index contributed by atoms with van der Waals surface area (Å²) < 4.78 is 10.7. The highest BCUT2D eigenvalue weighted by atomic mass is 16.5. The minimum atomic E-state index is -0.0949. The van der Waals surface area contributed by atoms with Crippen molar-refractivity contribution in [2.75, 3.05) is 27.3 Å². The molecule has 0 aliphatic carbocycles. The van der Waals surface area contributed by atoms with Crippen LogP contribution in [0.15, 0.2) is 24.3 Å². The Hall–Kier alpha value is -1.75. The molecule has 2 N–H and O–H groups in total. The van der Waals surface area contributed by atoms with Gasteiger partial charge in [0.1, 0.15) is 18.1 Å². The van der Waals surface area contributed by atoms with Crippen molar-refractivity contribution >= 4 is 5.91 Å². The minimum Gasteiger partial charge on any atom is -0.497 e. The zero-order valence-corrected chi connectivity index (χ0v) is 13.3. The van der Waals surface area contributed by atoms with Gasteiger partial charge in [0.15, 0.2) is 0 Å². The first-order chi connectivity index (χ1) is 9.93. The third-order valence-corrected chi connectivity index (χ3v) is 3.45. The van der Waals surface area contributed by atoms with Crippen LogP contribution < -0.4 is 15.2 Å². The van der Waals surface area contributed by atoms with Crippen LogP contribution in [-0.4, -0.2) is 44.2 Å². The van der Waals surface area contributed by atoms with Crippen molar-refractivity contribution in [3.63, 3.8) is 0 Å². The van der Waals surface area contributed by atoms with Gasteiger partial charge in [-0.3, -0.25) is 4.79 Å². The molecule has 0 saturated carbocycles. The molecular formula is C16H26N2O3. The van der Waals surface area contributed by atoms with Crippen LogP contribution in [0, 0.1) is 5.92 Å². The zero-order chi connectivity index (χ0) is 15.8. The van der Waals surface area contributed by atoms with E-state index in [4.69, 9.17) is 15.2 Å². The summed E-state index contributed by atoms with van der Waals surface area (Å²) in [6, 6.07) is 7.27. The first kappa shape index (κ1) is 17.3. The lowest BCUT2D eigenvalue weighted by Crippen LogP contribution is -2.37. The average Bonchev–Trinajstić information content (AvgIpc) is 2.47. The molecule has 21 heavy (non-hydrogen) atoms. The SMILES string of the molecule is COc1ccc(OCCN(C)C(=O)CC(N)C(C)C)cc1. The third-order valence-electron chi connectivity index (χ3n) is 3.45. The Balaban J connectivity index is 2.32. The third kappa shape index (κ3) is 6.04. The molecular weight excluding hydrogens is 268 g/mol. The average molecular weight is 294 g/mol. The summed E-state index contributed by atoms with van der Waals surface area (Å²) in [5.74, 6) is 1.90. The van der Waals surface area contributed by atoms with E-state index in [-0.39, 0.29) is 11.9 Å². The van der Waals surface area contributed by atoms with Crippen LogP contribution in [-0.2, 0) is 4.79 Å². The van der Waals surface area contributed by atoms with E-state index < -0.39 is 0 Å². The van der Waals surface area contributed by atoms with Crippen molar-refractivity contribution < 1.29 is 14.3 Å². The van der Waals surface area contributed by atoms with Crippen molar-refractivity contribution in [2.45, 2.75) is 26.3 Å². The van der Waals surface area contributed by atoms with E-state index in [1.807, 2.05) is 38.1 Å². The lowest BCUT2D eigenvalue weighted by atomic mass is 10.0. The quantitative estimate of drug-likeness (QED) is 0.795. The second-order valence-electron chi connectivity index (χ2n) is 5.45. The lowest BCUT2D eigenvalue weighted by molar-refractivity contribution is -0.130. The Morgan fingerprint density at radius 2 is 1.81 bits per heavy atom. The van der Waals surface area contributed by atoms with Crippen LogP contribution in [0.3, 0.4) is 0 Å². The molecule has 0 aromatic heterocycles. The second kappa shape index (κ2) is 8.52. The number of nitrogens with zero attached hydrogens (tertiary/aromatic N) is 1. The van der Waals surface area contributed by atoms with Crippen LogP contribution in [0.2, 0.25) is 0 Å². The van der Waals surface area contributed by atoms with Crippen molar-refractivity contribution in [3.8, 4) is 11.5 Å². The highest BCUT2D eigenvalue weighted by Crippen LogP contribution is 2.16. The number of carbonyl (C=O) groups is 1.